The Balaban J connectivity index is 1.61. The SMILES string of the molecule is Nc1[nH]ncc1NCCCCn1ccnc1. The second-order valence-electron chi connectivity index (χ2n) is 3.63. The molecule has 6 nitrogen and oxygen atoms in total. The summed E-state index contributed by atoms with van der Waals surface area (Å²) < 4.78 is 2.08. The highest BCUT2D eigenvalue weighted by Gasteiger charge is 1.98. The second-order valence-corrected chi connectivity index (χ2v) is 3.63. The number of imidazole rings is 1. The van der Waals surface area contributed by atoms with Crippen molar-refractivity contribution in [2.24, 2.45) is 0 Å². The fraction of sp³-hybridized carbons (Fsp3) is 0.400. The number of aromatic nitrogens is 4. The molecule has 0 unspecified atom stereocenters. The van der Waals surface area contributed by atoms with Crippen molar-refractivity contribution in [3.8, 4) is 0 Å². The molecule has 2 heterocycles. The van der Waals surface area contributed by atoms with Crippen molar-refractivity contribution in [2.75, 3.05) is 17.6 Å². The van der Waals surface area contributed by atoms with Gasteiger partial charge in [-0.15, -0.1) is 0 Å². The summed E-state index contributed by atoms with van der Waals surface area (Å²) in [6.07, 6.45) is 9.50. The van der Waals surface area contributed by atoms with E-state index >= 15 is 0 Å². The van der Waals surface area contributed by atoms with Crippen molar-refractivity contribution >= 4 is 11.5 Å². The van der Waals surface area contributed by atoms with Gasteiger partial charge in [0.15, 0.2) is 0 Å². The molecule has 16 heavy (non-hydrogen) atoms. The van der Waals surface area contributed by atoms with Crippen LogP contribution >= 0.6 is 0 Å². The topological polar surface area (TPSA) is 84.5 Å². The molecule has 86 valence electrons. The van der Waals surface area contributed by atoms with Gasteiger partial charge in [-0.25, -0.2) is 4.98 Å². The molecule has 0 aliphatic carbocycles. The number of aryl methyl sites for hydroxylation is 1. The summed E-state index contributed by atoms with van der Waals surface area (Å²) in [5.74, 6) is 0.592. The van der Waals surface area contributed by atoms with Gasteiger partial charge in [-0.2, -0.15) is 5.10 Å². The standard InChI is InChI=1S/C10H16N6/c11-10-9(7-14-15-10)13-3-1-2-5-16-6-4-12-8-16/h4,6-8,13H,1-3,5H2,(H3,11,14,15). The lowest BCUT2D eigenvalue weighted by atomic mass is 10.3. The maximum absolute atomic E-state index is 5.64. The zero-order valence-corrected chi connectivity index (χ0v) is 9.06. The summed E-state index contributed by atoms with van der Waals surface area (Å²) in [4.78, 5) is 3.99. The van der Waals surface area contributed by atoms with E-state index in [1.54, 1.807) is 12.4 Å². The summed E-state index contributed by atoms with van der Waals surface area (Å²) >= 11 is 0. The third kappa shape index (κ3) is 2.75. The zero-order chi connectivity index (χ0) is 11.2. The molecular weight excluding hydrogens is 204 g/mol. The molecule has 4 N–H and O–H groups in total. The van der Waals surface area contributed by atoms with Gasteiger partial charge in [0, 0.05) is 25.5 Å². The molecule has 0 aliphatic rings. The minimum Gasteiger partial charge on any atom is -0.382 e. The fourth-order valence-electron chi connectivity index (χ4n) is 1.50. The highest BCUT2D eigenvalue weighted by Crippen LogP contribution is 2.12. The van der Waals surface area contributed by atoms with Gasteiger partial charge in [-0.3, -0.25) is 5.10 Å². The van der Waals surface area contributed by atoms with Crippen LogP contribution in [0.3, 0.4) is 0 Å². The van der Waals surface area contributed by atoms with Crippen LogP contribution in [0, 0.1) is 0 Å². The maximum Gasteiger partial charge on any atom is 0.142 e. The Hall–Kier alpha value is -1.98. The lowest BCUT2D eigenvalue weighted by molar-refractivity contribution is 0.621. The largest absolute Gasteiger partial charge is 0.382 e. The Morgan fingerprint density at radius 2 is 2.38 bits per heavy atom. The number of unbranched alkanes of at least 4 members (excludes halogenated alkanes) is 1. The van der Waals surface area contributed by atoms with Crippen LogP contribution in [0.5, 0.6) is 0 Å². The molecule has 0 radical (unpaired) electrons. The van der Waals surface area contributed by atoms with Crippen molar-refractivity contribution in [3.05, 3.63) is 24.9 Å². The number of nitrogens with one attached hydrogen (secondary N) is 2. The van der Waals surface area contributed by atoms with E-state index < -0.39 is 0 Å². The van der Waals surface area contributed by atoms with E-state index in [-0.39, 0.29) is 0 Å². The number of rotatable bonds is 6. The quantitative estimate of drug-likeness (QED) is 0.636. The van der Waals surface area contributed by atoms with E-state index in [0.29, 0.717) is 5.82 Å². The van der Waals surface area contributed by atoms with Gasteiger partial charge in [0.25, 0.3) is 0 Å². The summed E-state index contributed by atoms with van der Waals surface area (Å²) in [7, 11) is 0. The van der Waals surface area contributed by atoms with Crippen LogP contribution in [0.2, 0.25) is 0 Å². The van der Waals surface area contributed by atoms with Crippen molar-refractivity contribution < 1.29 is 0 Å². The Bertz CT molecular complexity index is 405. The third-order valence-corrected chi connectivity index (χ3v) is 2.39. The number of nitrogen functional groups attached to an aromatic ring is 1. The molecule has 0 spiro atoms. The highest BCUT2D eigenvalue weighted by molar-refractivity contribution is 5.59. The van der Waals surface area contributed by atoms with E-state index in [1.807, 2.05) is 12.5 Å². The molecule has 6 heteroatoms. The molecule has 2 rings (SSSR count). The predicted molar refractivity (Wildman–Crippen MR) is 63.0 cm³/mol. The van der Waals surface area contributed by atoms with Gasteiger partial charge >= 0.3 is 0 Å². The number of anilines is 2. The molecule has 0 aliphatic heterocycles. The van der Waals surface area contributed by atoms with Crippen LogP contribution in [0.1, 0.15) is 12.8 Å². The van der Waals surface area contributed by atoms with Crippen LogP contribution in [-0.2, 0) is 6.54 Å². The number of hydrogen-bond donors (Lipinski definition) is 3. The molecule has 2 aromatic rings. The minimum absolute atomic E-state index is 0.592. The Kier molecular flexibility index (Phi) is 3.42. The van der Waals surface area contributed by atoms with Gasteiger partial charge in [0.1, 0.15) is 5.82 Å². The smallest absolute Gasteiger partial charge is 0.142 e. The monoisotopic (exact) mass is 220 g/mol. The molecule has 0 saturated heterocycles. The average molecular weight is 220 g/mol. The first kappa shape index (κ1) is 10.5. The predicted octanol–water partition coefficient (Wildman–Crippen LogP) is 1.08. The van der Waals surface area contributed by atoms with E-state index in [0.717, 1.165) is 31.6 Å². The number of hydrogen-bond acceptors (Lipinski definition) is 4. The van der Waals surface area contributed by atoms with Crippen molar-refractivity contribution in [2.45, 2.75) is 19.4 Å². The zero-order valence-electron chi connectivity index (χ0n) is 9.06. The van der Waals surface area contributed by atoms with Gasteiger partial charge in [-0.05, 0) is 12.8 Å². The lowest BCUT2D eigenvalue weighted by Gasteiger charge is -2.05. The maximum atomic E-state index is 5.64. The molecular formula is C10H16N6. The van der Waals surface area contributed by atoms with Crippen molar-refractivity contribution in [1.82, 2.24) is 19.7 Å². The first-order valence-corrected chi connectivity index (χ1v) is 5.35. The van der Waals surface area contributed by atoms with Crippen molar-refractivity contribution in [3.63, 3.8) is 0 Å². The van der Waals surface area contributed by atoms with Crippen molar-refractivity contribution in [1.29, 1.82) is 0 Å². The molecule has 0 saturated carbocycles. The summed E-state index contributed by atoms with van der Waals surface area (Å²) in [6, 6.07) is 0. The van der Waals surface area contributed by atoms with Crippen LogP contribution in [0.4, 0.5) is 11.5 Å². The van der Waals surface area contributed by atoms with E-state index in [2.05, 4.69) is 25.1 Å². The molecule has 0 aromatic carbocycles. The Morgan fingerprint density at radius 3 is 3.06 bits per heavy atom. The minimum atomic E-state index is 0.592. The van der Waals surface area contributed by atoms with E-state index in [1.165, 1.54) is 0 Å². The van der Waals surface area contributed by atoms with Crippen LogP contribution < -0.4 is 11.1 Å². The summed E-state index contributed by atoms with van der Waals surface area (Å²) in [5.41, 5.74) is 6.52. The summed E-state index contributed by atoms with van der Waals surface area (Å²) in [6.45, 7) is 1.90. The first-order valence-electron chi connectivity index (χ1n) is 5.35. The number of H-pyrrole nitrogens is 1. The fourth-order valence-corrected chi connectivity index (χ4v) is 1.50. The molecule has 0 bridgehead atoms. The molecule has 0 fully saturated rings. The van der Waals surface area contributed by atoms with E-state index in [4.69, 9.17) is 5.73 Å². The lowest BCUT2D eigenvalue weighted by Crippen LogP contribution is -2.04. The van der Waals surface area contributed by atoms with E-state index in [9.17, 15) is 0 Å². The third-order valence-electron chi connectivity index (χ3n) is 2.39. The van der Waals surface area contributed by atoms with Gasteiger partial charge < -0.3 is 15.6 Å². The van der Waals surface area contributed by atoms with Gasteiger partial charge in [0.05, 0.1) is 18.2 Å². The Labute approximate surface area is 93.9 Å². The molecule has 0 atom stereocenters. The first-order chi connectivity index (χ1) is 7.86. The number of nitrogens with zero attached hydrogens (tertiary/aromatic N) is 3. The second kappa shape index (κ2) is 5.20. The van der Waals surface area contributed by atoms with Crippen LogP contribution in [0.15, 0.2) is 24.9 Å². The molecule has 0 amide bonds. The Morgan fingerprint density at radius 1 is 1.44 bits per heavy atom. The number of nitrogens with two attached hydrogens (primary N) is 1. The normalized spacial score (nSPS) is 10.5. The van der Waals surface area contributed by atoms with Gasteiger partial charge in [-0.1, -0.05) is 0 Å². The van der Waals surface area contributed by atoms with Crippen LogP contribution in [-0.4, -0.2) is 26.3 Å². The average Bonchev–Trinajstić information content (AvgIpc) is 2.90. The molecule has 2 aromatic heterocycles. The summed E-state index contributed by atoms with van der Waals surface area (Å²) in [5, 5.41) is 9.75. The van der Waals surface area contributed by atoms with Crippen LogP contribution in [0.25, 0.3) is 0 Å². The highest BCUT2D eigenvalue weighted by atomic mass is 15.2. The van der Waals surface area contributed by atoms with Gasteiger partial charge in [0.2, 0.25) is 0 Å². The number of aromatic amines is 1.